The van der Waals surface area contributed by atoms with Crippen LogP contribution in [0, 0.1) is 0 Å². The third-order valence-corrected chi connectivity index (χ3v) is 4.89. The van der Waals surface area contributed by atoms with E-state index >= 15 is 0 Å². The number of rotatable bonds is 7. The zero-order valence-corrected chi connectivity index (χ0v) is 14.2. The molecule has 9 heteroatoms. The minimum Gasteiger partial charge on any atom is -0.452 e. The van der Waals surface area contributed by atoms with Crippen LogP contribution < -0.4 is 10.5 Å². The standard InChI is InChI=1S/C15H16N2O5S2/c16-24(20,21)13-5-3-11(4-6-13)15(19)22-10-14(18)17-8-7-12-2-1-9-23-12/h1-6,9H,7-8,10H2,(H,17,18)(H2,16,20,21). The molecule has 128 valence electrons. The highest BCUT2D eigenvalue weighted by molar-refractivity contribution is 7.89. The van der Waals surface area contributed by atoms with Crippen LogP contribution in [0.15, 0.2) is 46.7 Å². The van der Waals surface area contributed by atoms with Crippen LogP contribution in [0.1, 0.15) is 15.2 Å². The van der Waals surface area contributed by atoms with Gasteiger partial charge in [-0.15, -0.1) is 11.3 Å². The predicted octanol–water partition coefficient (Wildman–Crippen LogP) is 0.911. The maximum atomic E-state index is 11.8. The molecule has 0 fully saturated rings. The molecule has 1 aromatic heterocycles. The minimum atomic E-state index is -3.82. The third-order valence-electron chi connectivity index (χ3n) is 3.03. The molecule has 1 aromatic carbocycles. The lowest BCUT2D eigenvalue weighted by molar-refractivity contribution is -0.124. The number of esters is 1. The number of hydrogen-bond acceptors (Lipinski definition) is 6. The van der Waals surface area contributed by atoms with E-state index in [0.29, 0.717) is 13.0 Å². The van der Waals surface area contributed by atoms with Gasteiger partial charge in [-0.25, -0.2) is 18.4 Å². The summed E-state index contributed by atoms with van der Waals surface area (Å²) in [6, 6.07) is 8.86. The Labute approximate surface area is 143 Å². The highest BCUT2D eigenvalue weighted by atomic mass is 32.2. The van der Waals surface area contributed by atoms with Crippen molar-refractivity contribution in [2.45, 2.75) is 11.3 Å². The van der Waals surface area contributed by atoms with E-state index in [-0.39, 0.29) is 10.5 Å². The van der Waals surface area contributed by atoms with Crippen molar-refractivity contribution in [3.8, 4) is 0 Å². The van der Waals surface area contributed by atoms with Gasteiger partial charge in [0.15, 0.2) is 6.61 Å². The van der Waals surface area contributed by atoms with E-state index in [4.69, 9.17) is 9.88 Å². The Morgan fingerprint density at radius 3 is 2.46 bits per heavy atom. The SMILES string of the molecule is NS(=O)(=O)c1ccc(C(=O)OCC(=O)NCCc2cccs2)cc1. The number of carbonyl (C=O) groups excluding carboxylic acids is 2. The second-order valence-electron chi connectivity index (χ2n) is 4.82. The van der Waals surface area contributed by atoms with Crippen LogP contribution in [0.2, 0.25) is 0 Å². The molecule has 0 aliphatic heterocycles. The number of ether oxygens (including phenoxy) is 1. The highest BCUT2D eigenvalue weighted by Gasteiger charge is 2.12. The molecular formula is C15H16N2O5S2. The number of amides is 1. The van der Waals surface area contributed by atoms with Gasteiger partial charge in [0.05, 0.1) is 10.5 Å². The van der Waals surface area contributed by atoms with Crippen LogP contribution >= 0.6 is 11.3 Å². The summed E-state index contributed by atoms with van der Waals surface area (Å²) in [7, 11) is -3.82. The summed E-state index contributed by atoms with van der Waals surface area (Å²) in [5, 5.41) is 9.58. The Hall–Kier alpha value is -2.23. The molecule has 0 unspecified atom stereocenters. The largest absolute Gasteiger partial charge is 0.452 e. The average Bonchev–Trinajstić information content (AvgIpc) is 3.05. The maximum Gasteiger partial charge on any atom is 0.338 e. The molecular weight excluding hydrogens is 352 g/mol. The fourth-order valence-corrected chi connectivity index (χ4v) is 3.05. The first-order chi connectivity index (χ1) is 11.4. The summed E-state index contributed by atoms with van der Waals surface area (Å²) in [6.07, 6.45) is 0.715. The van der Waals surface area contributed by atoms with Crippen LogP contribution in [0.3, 0.4) is 0 Å². The summed E-state index contributed by atoms with van der Waals surface area (Å²) in [6.45, 7) is 0.0557. The quantitative estimate of drug-likeness (QED) is 0.705. The molecule has 1 amide bonds. The topological polar surface area (TPSA) is 116 Å². The first-order valence-electron chi connectivity index (χ1n) is 6.95. The number of sulfonamides is 1. The molecule has 24 heavy (non-hydrogen) atoms. The number of nitrogens with two attached hydrogens (primary N) is 1. The molecule has 3 N–H and O–H groups in total. The Bertz CT molecular complexity index is 799. The summed E-state index contributed by atoms with van der Waals surface area (Å²) in [4.78, 5) is 24.5. The van der Waals surface area contributed by atoms with Gasteiger partial charge in [0.1, 0.15) is 0 Å². The van der Waals surface area contributed by atoms with Crippen molar-refractivity contribution in [1.82, 2.24) is 5.32 Å². The van der Waals surface area contributed by atoms with Gasteiger partial charge >= 0.3 is 5.97 Å². The third kappa shape index (κ3) is 5.44. The van der Waals surface area contributed by atoms with Crippen molar-refractivity contribution in [2.75, 3.05) is 13.2 Å². The van der Waals surface area contributed by atoms with E-state index in [1.165, 1.54) is 24.3 Å². The van der Waals surface area contributed by atoms with Gasteiger partial charge in [-0.05, 0) is 42.1 Å². The molecule has 0 radical (unpaired) electrons. The van der Waals surface area contributed by atoms with Crippen LogP contribution in [0.5, 0.6) is 0 Å². The van der Waals surface area contributed by atoms with Gasteiger partial charge < -0.3 is 10.1 Å². The molecule has 7 nitrogen and oxygen atoms in total. The average molecular weight is 368 g/mol. The lowest BCUT2D eigenvalue weighted by atomic mass is 10.2. The Balaban J connectivity index is 1.76. The van der Waals surface area contributed by atoms with Gasteiger partial charge in [0.25, 0.3) is 5.91 Å². The predicted molar refractivity (Wildman–Crippen MR) is 89.1 cm³/mol. The van der Waals surface area contributed by atoms with Crippen LogP contribution in [0.25, 0.3) is 0 Å². The molecule has 2 rings (SSSR count). The number of thiophene rings is 1. The molecule has 2 aromatic rings. The molecule has 0 aliphatic carbocycles. The lowest BCUT2D eigenvalue weighted by Gasteiger charge is -2.06. The normalized spacial score (nSPS) is 11.0. The zero-order chi connectivity index (χ0) is 17.6. The minimum absolute atomic E-state index is 0.106. The highest BCUT2D eigenvalue weighted by Crippen LogP contribution is 2.10. The van der Waals surface area contributed by atoms with E-state index < -0.39 is 28.5 Å². The second kappa shape index (κ2) is 8.04. The van der Waals surface area contributed by atoms with Gasteiger partial charge in [0, 0.05) is 11.4 Å². The number of benzene rings is 1. The van der Waals surface area contributed by atoms with Gasteiger partial charge in [-0.1, -0.05) is 6.07 Å². The fraction of sp³-hybridized carbons (Fsp3) is 0.200. The zero-order valence-electron chi connectivity index (χ0n) is 12.6. The van der Waals surface area contributed by atoms with E-state index in [2.05, 4.69) is 5.32 Å². The monoisotopic (exact) mass is 368 g/mol. The van der Waals surface area contributed by atoms with Crippen molar-refractivity contribution in [3.05, 3.63) is 52.2 Å². The Kier molecular flexibility index (Phi) is 6.07. The summed E-state index contributed by atoms with van der Waals surface area (Å²) >= 11 is 1.60. The van der Waals surface area contributed by atoms with Gasteiger partial charge in [0.2, 0.25) is 10.0 Å². The number of carbonyl (C=O) groups is 2. The molecule has 0 saturated heterocycles. The van der Waals surface area contributed by atoms with Crippen molar-refractivity contribution in [2.24, 2.45) is 5.14 Å². The number of hydrogen-bond donors (Lipinski definition) is 2. The smallest absolute Gasteiger partial charge is 0.338 e. The summed E-state index contributed by atoms with van der Waals surface area (Å²) in [5.74, 6) is -1.12. The first kappa shape index (κ1) is 18.1. The van der Waals surface area contributed by atoms with Crippen LogP contribution in [-0.2, 0) is 26.0 Å². The molecule has 0 bridgehead atoms. The molecule has 0 aliphatic rings. The van der Waals surface area contributed by atoms with Crippen molar-refractivity contribution in [3.63, 3.8) is 0 Å². The molecule has 0 spiro atoms. The Morgan fingerprint density at radius 2 is 1.88 bits per heavy atom. The number of nitrogens with one attached hydrogen (secondary N) is 1. The van der Waals surface area contributed by atoms with E-state index in [9.17, 15) is 18.0 Å². The van der Waals surface area contributed by atoms with Gasteiger partial charge in [-0.2, -0.15) is 0 Å². The van der Waals surface area contributed by atoms with E-state index in [0.717, 1.165) is 4.88 Å². The lowest BCUT2D eigenvalue weighted by Crippen LogP contribution is -2.30. The van der Waals surface area contributed by atoms with Crippen LogP contribution in [0.4, 0.5) is 0 Å². The van der Waals surface area contributed by atoms with E-state index in [1.54, 1.807) is 11.3 Å². The summed E-state index contributed by atoms with van der Waals surface area (Å²) < 4.78 is 27.1. The Morgan fingerprint density at radius 1 is 1.17 bits per heavy atom. The van der Waals surface area contributed by atoms with Gasteiger partial charge in [-0.3, -0.25) is 4.79 Å². The fourth-order valence-electron chi connectivity index (χ4n) is 1.83. The maximum absolute atomic E-state index is 11.8. The second-order valence-corrected chi connectivity index (χ2v) is 7.42. The van der Waals surface area contributed by atoms with Crippen molar-refractivity contribution >= 4 is 33.2 Å². The number of primary sulfonamides is 1. The van der Waals surface area contributed by atoms with Crippen LogP contribution in [-0.4, -0.2) is 33.4 Å². The first-order valence-corrected chi connectivity index (χ1v) is 9.38. The molecule has 0 saturated carbocycles. The molecule has 0 atom stereocenters. The summed E-state index contributed by atoms with van der Waals surface area (Å²) in [5.41, 5.74) is 0.133. The van der Waals surface area contributed by atoms with Crippen molar-refractivity contribution < 1.29 is 22.7 Å². The van der Waals surface area contributed by atoms with E-state index in [1.807, 2.05) is 17.5 Å². The molecule has 1 heterocycles. The van der Waals surface area contributed by atoms with Crippen molar-refractivity contribution in [1.29, 1.82) is 0 Å².